The molecular weight excluding hydrogens is 366 g/mol. The Morgan fingerprint density at radius 1 is 1.26 bits per heavy atom. The van der Waals surface area contributed by atoms with Gasteiger partial charge in [-0.05, 0) is 30.7 Å². The van der Waals surface area contributed by atoms with Gasteiger partial charge in [0.1, 0.15) is 0 Å². The van der Waals surface area contributed by atoms with E-state index in [1.54, 1.807) is 26.3 Å². The van der Waals surface area contributed by atoms with Crippen LogP contribution in [0.2, 0.25) is 0 Å². The second kappa shape index (κ2) is 8.79. The minimum atomic E-state index is -0.352. The van der Waals surface area contributed by atoms with Crippen LogP contribution in [0.5, 0.6) is 0 Å². The topological polar surface area (TPSA) is 84.7 Å². The number of carbonyl (C=O) groups excluding carboxylic acids is 2. The molecule has 7 nitrogen and oxygen atoms in total. The lowest BCUT2D eigenvalue weighted by Crippen LogP contribution is -2.38. The van der Waals surface area contributed by atoms with E-state index in [1.165, 1.54) is 16.2 Å². The van der Waals surface area contributed by atoms with E-state index in [-0.39, 0.29) is 24.1 Å². The third-order valence-corrected chi connectivity index (χ3v) is 4.95. The van der Waals surface area contributed by atoms with Gasteiger partial charge in [0.25, 0.3) is 5.91 Å². The first-order valence-corrected chi connectivity index (χ1v) is 9.37. The van der Waals surface area contributed by atoms with E-state index >= 15 is 0 Å². The average molecular weight is 387 g/mol. The summed E-state index contributed by atoms with van der Waals surface area (Å²) < 4.78 is 11.7. The largest absolute Gasteiger partial charge is 0.448 e. The van der Waals surface area contributed by atoms with E-state index in [1.807, 2.05) is 24.3 Å². The molecule has 0 bridgehead atoms. The number of amides is 2. The monoisotopic (exact) mass is 387 g/mol. The number of likely N-dealkylation sites (N-methyl/N-ethyl adjacent to an activating group) is 1. The molecule has 0 fully saturated rings. The van der Waals surface area contributed by atoms with Gasteiger partial charge < -0.3 is 19.4 Å². The molecule has 1 aromatic carbocycles. The molecule has 3 rings (SSSR count). The maximum absolute atomic E-state index is 12.5. The lowest BCUT2D eigenvalue weighted by Gasteiger charge is -2.15. The number of rotatable bonds is 8. The Kier molecular flexibility index (Phi) is 6.20. The highest BCUT2D eigenvalue weighted by Gasteiger charge is 2.19. The van der Waals surface area contributed by atoms with Crippen LogP contribution in [-0.2, 0) is 9.53 Å². The second-order valence-electron chi connectivity index (χ2n) is 6.01. The summed E-state index contributed by atoms with van der Waals surface area (Å²) in [6, 6.07) is 11.1. The molecule has 2 aromatic heterocycles. The summed E-state index contributed by atoms with van der Waals surface area (Å²) in [5.74, 6) is 0.144. The Labute approximate surface area is 160 Å². The molecule has 2 heterocycles. The summed E-state index contributed by atoms with van der Waals surface area (Å²) in [4.78, 5) is 30.2. The van der Waals surface area contributed by atoms with Crippen LogP contribution in [0.25, 0.3) is 21.0 Å². The predicted octanol–water partition coefficient (Wildman–Crippen LogP) is 2.78. The fraction of sp³-hybridized carbons (Fsp3) is 0.316. The van der Waals surface area contributed by atoms with Crippen molar-refractivity contribution < 1.29 is 18.7 Å². The normalized spacial score (nSPS) is 10.9. The molecule has 8 heteroatoms. The van der Waals surface area contributed by atoms with Gasteiger partial charge >= 0.3 is 0 Å². The number of fused-ring (bicyclic) bond motifs is 1. The summed E-state index contributed by atoms with van der Waals surface area (Å²) in [7, 11) is 3.18. The molecule has 0 aliphatic heterocycles. The van der Waals surface area contributed by atoms with Crippen LogP contribution in [0.15, 0.2) is 40.8 Å². The molecule has 0 radical (unpaired) electrons. The SMILES string of the molecule is COCCCNC(=O)CN(C)C(=O)c1ccc(-c2nc3ccccc3s2)o1. The number of nitrogens with zero attached hydrogens (tertiary/aromatic N) is 2. The lowest BCUT2D eigenvalue weighted by molar-refractivity contribution is -0.121. The van der Waals surface area contributed by atoms with Gasteiger partial charge in [-0.3, -0.25) is 9.59 Å². The van der Waals surface area contributed by atoms with E-state index in [4.69, 9.17) is 9.15 Å². The van der Waals surface area contributed by atoms with Gasteiger partial charge in [0, 0.05) is 27.3 Å². The summed E-state index contributed by atoms with van der Waals surface area (Å²) in [5.41, 5.74) is 0.893. The number of carbonyl (C=O) groups is 2. The first-order chi connectivity index (χ1) is 13.1. The fourth-order valence-corrected chi connectivity index (χ4v) is 3.45. The van der Waals surface area contributed by atoms with Crippen LogP contribution in [-0.4, -0.2) is 55.6 Å². The van der Waals surface area contributed by atoms with Crippen molar-refractivity contribution in [2.45, 2.75) is 6.42 Å². The van der Waals surface area contributed by atoms with Crippen molar-refractivity contribution >= 4 is 33.4 Å². The van der Waals surface area contributed by atoms with Crippen LogP contribution in [0.4, 0.5) is 0 Å². The van der Waals surface area contributed by atoms with Crippen molar-refractivity contribution in [2.24, 2.45) is 0 Å². The smallest absolute Gasteiger partial charge is 0.289 e. The highest BCUT2D eigenvalue weighted by Crippen LogP contribution is 2.31. The highest BCUT2D eigenvalue weighted by molar-refractivity contribution is 7.21. The van der Waals surface area contributed by atoms with Crippen molar-refractivity contribution in [2.75, 3.05) is 33.9 Å². The van der Waals surface area contributed by atoms with Crippen LogP contribution >= 0.6 is 11.3 Å². The second-order valence-corrected chi connectivity index (χ2v) is 7.04. The Hall–Kier alpha value is -2.71. The molecule has 0 spiro atoms. The number of hydrogen-bond acceptors (Lipinski definition) is 6. The summed E-state index contributed by atoms with van der Waals surface area (Å²) in [5, 5.41) is 3.47. The Bertz CT molecular complexity index is 901. The Morgan fingerprint density at radius 2 is 2.07 bits per heavy atom. The molecule has 142 valence electrons. The van der Waals surface area contributed by atoms with Crippen LogP contribution in [0.1, 0.15) is 17.0 Å². The zero-order valence-corrected chi connectivity index (χ0v) is 16.0. The van der Waals surface area contributed by atoms with Gasteiger partial charge in [0.05, 0.1) is 16.8 Å². The summed E-state index contributed by atoms with van der Waals surface area (Å²) in [6.45, 7) is 1.05. The Morgan fingerprint density at radius 3 is 2.85 bits per heavy atom. The molecular formula is C19H21N3O4S. The van der Waals surface area contributed by atoms with Gasteiger partial charge in [-0.1, -0.05) is 12.1 Å². The molecule has 1 N–H and O–H groups in total. The third kappa shape index (κ3) is 4.72. The minimum absolute atomic E-state index is 0.0387. The molecule has 27 heavy (non-hydrogen) atoms. The number of para-hydroxylation sites is 1. The molecule has 0 aliphatic carbocycles. The van der Waals surface area contributed by atoms with E-state index in [0.717, 1.165) is 16.6 Å². The van der Waals surface area contributed by atoms with Gasteiger partial charge in [0.2, 0.25) is 5.91 Å². The molecule has 3 aromatic rings. The van der Waals surface area contributed by atoms with Gasteiger partial charge in [-0.2, -0.15) is 0 Å². The number of aromatic nitrogens is 1. The van der Waals surface area contributed by atoms with Crippen molar-refractivity contribution in [3.8, 4) is 10.8 Å². The maximum atomic E-state index is 12.5. The molecule has 2 amide bonds. The van der Waals surface area contributed by atoms with Crippen molar-refractivity contribution in [3.05, 3.63) is 42.2 Å². The van der Waals surface area contributed by atoms with Crippen LogP contribution in [0.3, 0.4) is 0 Å². The number of methoxy groups -OCH3 is 1. The standard InChI is InChI=1S/C19H21N3O4S/c1-22(12-17(23)20-10-5-11-25-2)19(24)15-9-8-14(26-15)18-21-13-6-3-4-7-16(13)27-18/h3-4,6-9H,5,10-12H2,1-2H3,(H,20,23). The highest BCUT2D eigenvalue weighted by atomic mass is 32.1. The van der Waals surface area contributed by atoms with E-state index in [9.17, 15) is 9.59 Å². The quantitative estimate of drug-likeness (QED) is 0.601. The summed E-state index contributed by atoms with van der Waals surface area (Å²) in [6.07, 6.45) is 0.726. The molecule has 0 saturated heterocycles. The maximum Gasteiger partial charge on any atom is 0.289 e. The first-order valence-electron chi connectivity index (χ1n) is 8.55. The van der Waals surface area contributed by atoms with E-state index < -0.39 is 0 Å². The first kappa shape index (κ1) is 19.1. The molecule has 0 saturated carbocycles. The van der Waals surface area contributed by atoms with Crippen molar-refractivity contribution in [3.63, 3.8) is 0 Å². The van der Waals surface area contributed by atoms with Gasteiger partial charge in [0.15, 0.2) is 16.5 Å². The molecule has 0 atom stereocenters. The number of thiazole rings is 1. The fourth-order valence-electron chi connectivity index (χ4n) is 2.52. The van der Waals surface area contributed by atoms with Crippen molar-refractivity contribution in [1.82, 2.24) is 15.2 Å². The number of hydrogen-bond donors (Lipinski definition) is 1. The third-order valence-electron chi connectivity index (χ3n) is 3.90. The zero-order chi connectivity index (χ0) is 19.2. The molecule has 0 unspecified atom stereocenters. The average Bonchev–Trinajstić information content (AvgIpc) is 3.31. The van der Waals surface area contributed by atoms with Crippen LogP contribution in [0, 0.1) is 0 Å². The van der Waals surface area contributed by atoms with Crippen molar-refractivity contribution in [1.29, 1.82) is 0 Å². The van der Waals surface area contributed by atoms with E-state index in [0.29, 0.717) is 23.9 Å². The number of nitrogens with one attached hydrogen (secondary N) is 1. The van der Waals surface area contributed by atoms with E-state index in [2.05, 4.69) is 10.3 Å². The number of ether oxygens (including phenoxy) is 1. The number of benzene rings is 1. The number of furan rings is 1. The molecule has 0 aliphatic rings. The summed E-state index contributed by atoms with van der Waals surface area (Å²) >= 11 is 1.50. The Balaban J connectivity index is 1.61. The van der Waals surface area contributed by atoms with Crippen LogP contribution < -0.4 is 5.32 Å². The zero-order valence-electron chi connectivity index (χ0n) is 15.2. The van der Waals surface area contributed by atoms with Gasteiger partial charge in [-0.15, -0.1) is 11.3 Å². The predicted molar refractivity (Wildman–Crippen MR) is 104 cm³/mol. The lowest BCUT2D eigenvalue weighted by atomic mass is 10.3. The minimum Gasteiger partial charge on any atom is -0.448 e. The van der Waals surface area contributed by atoms with Gasteiger partial charge in [-0.25, -0.2) is 4.98 Å².